The van der Waals surface area contributed by atoms with Crippen molar-refractivity contribution in [1.29, 1.82) is 0 Å². The summed E-state index contributed by atoms with van der Waals surface area (Å²) in [5.74, 6) is -2.46. The number of Topliss-reactive ketones (excluding diaryl/α,β-unsaturated/α-hetero) is 2. The lowest BCUT2D eigenvalue weighted by Gasteiger charge is -2.27. The summed E-state index contributed by atoms with van der Waals surface area (Å²) in [5.41, 5.74) is 5.15. The number of rotatable bonds is 10. The summed E-state index contributed by atoms with van der Waals surface area (Å²) in [6.07, 6.45) is 1.27. The van der Waals surface area contributed by atoms with Crippen LogP contribution < -0.4 is 0 Å². The molecule has 0 aliphatic carbocycles. The van der Waals surface area contributed by atoms with Crippen molar-refractivity contribution < 1.29 is 34.5 Å². The molecule has 4 aromatic carbocycles. The normalized spacial score (nSPS) is 17.3. The second-order valence-electron chi connectivity index (χ2n) is 14.4. The zero-order valence-corrected chi connectivity index (χ0v) is 30.7. The number of phenols is 1. The molecule has 2 atom stereocenters. The fourth-order valence-electron chi connectivity index (χ4n) is 6.79. The second kappa shape index (κ2) is 16.2. The molecule has 2 amide bonds. The molecule has 9 nitrogen and oxygen atoms in total. The SMILES string of the molecule is CC(=O)C1=C(O)C(=O)N(CCc2ccccc2)C1c1ccc(C(C)(C)C)cc1.CC(=O)C1=C(O)C(=O)N(CCc2ccccc2)C1c1ccc(O)cc1. The highest BCUT2D eigenvalue weighted by Crippen LogP contribution is 2.39. The van der Waals surface area contributed by atoms with E-state index in [1.807, 2.05) is 84.9 Å². The number of amides is 2. The molecule has 0 saturated heterocycles. The van der Waals surface area contributed by atoms with Crippen LogP contribution >= 0.6 is 0 Å². The molecule has 0 radical (unpaired) electrons. The quantitative estimate of drug-likeness (QED) is 0.156. The molecular weight excluding hydrogens is 668 g/mol. The van der Waals surface area contributed by atoms with Crippen LogP contribution in [0.1, 0.15) is 74.5 Å². The van der Waals surface area contributed by atoms with Gasteiger partial charge in [-0.1, -0.05) is 118 Å². The first-order valence-corrected chi connectivity index (χ1v) is 17.7. The van der Waals surface area contributed by atoms with E-state index in [0.717, 1.165) is 16.7 Å². The van der Waals surface area contributed by atoms with Crippen molar-refractivity contribution in [2.24, 2.45) is 0 Å². The van der Waals surface area contributed by atoms with E-state index in [9.17, 15) is 34.5 Å². The van der Waals surface area contributed by atoms with Gasteiger partial charge in [0.25, 0.3) is 11.8 Å². The molecule has 2 unspecified atom stereocenters. The van der Waals surface area contributed by atoms with Crippen LogP contribution in [0.15, 0.2) is 132 Å². The van der Waals surface area contributed by atoms with Gasteiger partial charge in [0, 0.05) is 13.1 Å². The molecule has 2 heterocycles. The lowest BCUT2D eigenvalue weighted by atomic mass is 9.85. The molecule has 0 spiro atoms. The number of benzene rings is 4. The average Bonchev–Trinajstić information content (AvgIpc) is 3.55. The van der Waals surface area contributed by atoms with Crippen LogP contribution in [0.4, 0.5) is 0 Å². The summed E-state index contributed by atoms with van der Waals surface area (Å²) < 4.78 is 0. The highest BCUT2D eigenvalue weighted by molar-refractivity contribution is 6.08. The van der Waals surface area contributed by atoms with Crippen molar-refractivity contribution in [1.82, 2.24) is 9.80 Å². The molecule has 4 aromatic rings. The zero-order chi connectivity index (χ0) is 38.4. The van der Waals surface area contributed by atoms with Crippen LogP contribution in [0.2, 0.25) is 0 Å². The van der Waals surface area contributed by atoms with E-state index in [1.54, 1.807) is 17.0 Å². The van der Waals surface area contributed by atoms with E-state index in [2.05, 4.69) is 20.8 Å². The van der Waals surface area contributed by atoms with E-state index < -0.39 is 35.4 Å². The Morgan fingerprint density at radius 3 is 1.26 bits per heavy atom. The van der Waals surface area contributed by atoms with Crippen molar-refractivity contribution >= 4 is 23.4 Å². The lowest BCUT2D eigenvalue weighted by Crippen LogP contribution is -2.33. The Balaban J connectivity index is 0.000000206. The number of aromatic hydroxyl groups is 1. The van der Waals surface area contributed by atoms with Gasteiger partial charge < -0.3 is 25.1 Å². The van der Waals surface area contributed by atoms with Gasteiger partial charge in [0.1, 0.15) is 5.75 Å². The van der Waals surface area contributed by atoms with E-state index in [4.69, 9.17) is 0 Å². The Labute approximate surface area is 310 Å². The fraction of sp³-hybridized carbons (Fsp3) is 0.273. The minimum absolute atomic E-state index is 0.0123. The van der Waals surface area contributed by atoms with Gasteiger partial charge in [0.05, 0.1) is 23.2 Å². The first-order chi connectivity index (χ1) is 25.2. The summed E-state index contributed by atoms with van der Waals surface area (Å²) in [5, 5.41) is 30.1. The Bertz CT molecular complexity index is 2030. The van der Waals surface area contributed by atoms with Gasteiger partial charge in [0.2, 0.25) is 0 Å². The van der Waals surface area contributed by atoms with Crippen LogP contribution in [-0.2, 0) is 37.4 Å². The molecule has 0 aromatic heterocycles. The molecule has 0 saturated carbocycles. The number of phenolic OH excluding ortho intramolecular Hbond substituents is 1. The van der Waals surface area contributed by atoms with E-state index in [-0.39, 0.29) is 33.9 Å². The molecule has 0 bridgehead atoms. The van der Waals surface area contributed by atoms with Gasteiger partial charge in [-0.3, -0.25) is 19.2 Å². The summed E-state index contributed by atoms with van der Waals surface area (Å²) in [6.45, 7) is 9.95. The van der Waals surface area contributed by atoms with Crippen molar-refractivity contribution in [2.75, 3.05) is 13.1 Å². The third-order valence-electron chi connectivity index (χ3n) is 9.64. The molecule has 2 aliphatic heterocycles. The number of carbonyl (C=O) groups is 4. The van der Waals surface area contributed by atoms with Gasteiger partial charge >= 0.3 is 0 Å². The number of hydrogen-bond donors (Lipinski definition) is 3. The Morgan fingerprint density at radius 1 is 0.566 bits per heavy atom. The molecule has 53 heavy (non-hydrogen) atoms. The highest BCUT2D eigenvalue weighted by atomic mass is 16.3. The van der Waals surface area contributed by atoms with Crippen LogP contribution in [0, 0.1) is 0 Å². The maximum Gasteiger partial charge on any atom is 0.290 e. The number of ketones is 2. The van der Waals surface area contributed by atoms with Crippen LogP contribution in [0.25, 0.3) is 0 Å². The molecular formula is C44H46N2O7. The summed E-state index contributed by atoms with van der Waals surface area (Å²) in [4.78, 5) is 52.6. The molecule has 2 aliphatic rings. The topological polar surface area (TPSA) is 135 Å². The van der Waals surface area contributed by atoms with Gasteiger partial charge in [-0.15, -0.1) is 0 Å². The van der Waals surface area contributed by atoms with Crippen LogP contribution in [-0.4, -0.2) is 61.6 Å². The van der Waals surface area contributed by atoms with Gasteiger partial charge in [0.15, 0.2) is 23.1 Å². The zero-order valence-electron chi connectivity index (χ0n) is 30.7. The Kier molecular flexibility index (Phi) is 11.7. The summed E-state index contributed by atoms with van der Waals surface area (Å²) in [7, 11) is 0. The first-order valence-electron chi connectivity index (χ1n) is 17.7. The lowest BCUT2D eigenvalue weighted by molar-refractivity contribution is -0.130. The van der Waals surface area contributed by atoms with E-state index in [0.29, 0.717) is 31.5 Å². The number of aliphatic hydroxyl groups excluding tert-OH is 2. The first kappa shape index (κ1) is 38.3. The maximum atomic E-state index is 12.7. The molecule has 9 heteroatoms. The smallest absolute Gasteiger partial charge is 0.290 e. The third kappa shape index (κ3) is 8.58. The molecule has 6 rings (SSSR count). The molecule has 274 valence electrons. The van der Waals surface area contributed by atoms with Crippen molar-refractivity contribution in [2.45, 2.75) is 65.0 Å². The van der Waals surface area contributed by atoms with E-state index >= 15 is 0 Å². The van der Waals surface area contributed by atoms with Gasteiger partial charge in [-0.2, -0.15) is 0 Å². The van der Waals surface area contributed by atoms with Crippen molar-refractivity contribution in [3.8, 4) is 5.75 Å². The minimum Gasteiger partial charge on any atom is -0.508 e. The van der Waals surface area contributed by atoms with Crippen molar-refractivity contribution in [3.05, 3.63) is 160 Å². The van der Waals surface area contributed by atoms with Crippen molar-refractivity contribution in [3.63, 3.8) is 0 Å². The van der Waals surface area contributed by atoms with E-state index in [1.165, 1.54) is 36.4 Å². The summed E-state index contributed by atoms with van der Waals surface area (Å²) >= 11 is 0. The predicted molar refractivity (Wildman–Crippen MR) is 203 cm³/mol. The second-order valence-corrected chi connectivity index (χ2v) is 14.4. The Hall–Kier alpha value is -5.96. The molecule has 0 fully saturated rings. The van der Waals surface area contributed by atoms with Crippen LogP contribution in [0.5, 0.6) is 5.75 Å². The standard InChI is InChI=1S/C24H27NO3.C20H19NO4/c1-16(26)20-21(18-10-12-19(13-11-18)24(2,3)4)25(23(28)22(20)27)15-14-17-8-6-5-7-9-17;1-13(22)17-18(15-7-9-16(23)10-8-15)21(20(25)19(17)24)12-11-14-5-3-2-4-6-14/h5-13,21,27H,14-15H2,1-4H3;2-10,18,23-24H,11-12H2,1H3. The largest absolute Gasteiger partial charge is 0.508 e. The number of nitrogens with zero attached hydrogens (tertiary/aromatic N) is 2. The Morgan fingerprint density at radius 2 is 0.925 bits per heavy atom. The molecule has 3 N–H and O–H groups in total. The third-order valence-corrected chi connectivity index (χ3v) is 9.64. The predicted octanol–water partition coefficient (Wildman–Crippen LogP) is 7.43. The monoisotopic (exact) mass is 714 g/mol. The summed E-state index contributed by atoms with van der Waals surface area (Å²) in [6, 6.07) is 32.7. The number of carbonyl (C=O) groups excluding carboxylic acids is 4. The van der Waals surface area contributed by atoms with Gasteiger partial charge in [-0.05, 0) is 72.1 Å². The average molecular weight is 715 g/mol. The van der Waals surface area contributed by atoms with Gasteiger partial charge in [-0.25, -0.2) is 0 Å². The fourth-order valence-corrected chi connectivity index (χ4v) is 6.79. The maximum absolute atomic E-state index is 12.7. The minimum atomic E-state index is -0.644. The number of hydrogen-bond acceptors (Lipinski definition) is 7. The highest BCUT2D eigenvalue weighted by Gasteiger charge is 2.43. The number of aliphatic hydroxyl groups is 2. The van der Waals surface area contributed by atoms with Crippen LogP contribution in [0.3, 0.4) is 0 Å².